The lowest BCUT2D eigenvalue weighted by molar-refractivity contribution is 0.187. The van der Waals surface area contributed by atoms with Gasteiger partial charge in [-0.2, -0.15) is 0 Å². The fourth-order valence-corrected chi connectivity index (χ4v) is 5.76. The number of aryl methyl sites for hydroxylation is 1. The predicted molar refractivity (Wildman–Crippen MR) is 160 cm³/mol. The molecule has 0 unspecified atom stereocenters. The van der Waals surface area contributed by atoms with E-state index < -0.39 is 10.0 Å². The third kappa shape index (κ3) is 7.37. The van der Waals surface area contributed by atoms with Crippen LogP contribution in [-0.2, 0) is 10.0 Å². The average molecular weight is 558 g/mol. The molecule has 0 aliphatic carbocycles. The minimum Gasteiger partial charge on any atom is -0.494 e. The molecule has 2 heterocycles. The van der Waals surface area contributed by atoms with Gasteiger partial charge in [0, 0.05) is 23.0 Å². The normalized spacial score (nSPS) is 14.6. The first kappa shape index (κ1) is 27.6. The van der Waals surface area contributed by atoms with Crippen molar-refractivity contribution in [2.75, 3.05) is 36.8 Å². The Hall–Kier alpha value is -3.95. The van der Waals surface area contributed by atoms with Crippen molar-refractivity contribution in [3.63, 3.8) is 0 Å². The van der Waals surface area contributed by atoms with E-state index in [0.717, 1.165) is 47.2 Å². The summed E-state index contributed by atoms with van der Waals surface area (Å²) >= 11 is 0. The molecule has 0 atom stereocenters. The van der Waals surface area contributed by atoms with Crippen LogP contribution < -0.4 is 14.8 Å². The summed E-state index contributed by atoms with van der Waals surface area (Å²) in [5.41, 5.74) is 4.01. The molecular weight excluding hydrogens is 522 g/mol. The van der Waals surface area contributed by atoms with Gasteiger partial charge in [0.05, 0.1) is 17.2 Å². The molecule has 5 rings (SSSR count). The monoisotopic (exact) mass is 557 g/mol. The lowest BCUT2D eigenvalue weighted by Crippen LogP contribution is -2.30. The van der Waals surface area contributed by atoms with Gasteiger partial charge in [-0.25, -0.2) is 18.4 Å². The molecule has 40 heavy (non-hydrogen) atoms. The van der Waals surface area contributed by atoms with Crippen molar-refractivity contribution in [3.8, 4) is 17.0 Å². The summed E-state index contributed by atoms with van der Waals surface area (Å²) in [7, 11) is -1.47. The van der Waals surface area contributed by atoms with Crippen molar-refractivity contribution in [3.05, 3.63) is 90.8 Å². The maximum Gasteiger partial charge on any atom is 0.261 e. The van der Waals surface area contributed by atoms with Crippen molar-refractivity contribution >= 4 is 27.2 Å². The number of hydrogen-bond acceptors (Lipinski definition) is 7. The average Bonchev–Trinajstić information content (AvgIpc) is 2.96. The molecule has 208 valence electrons. The SMILES string of the molecule is Cc1ccc(S(=O)(=O)Nc2ccc(Nc3cc(-c4ccc(OCCC5CCN(C)CC5)cc4)ncn3)cc2)cc1. The van der Waals surface area contributed by atoms with E-state index in [-0.39, 0.29) is 4.90 Å². The molecule has 8 nitrogen and oxygen atoms in total. The van der Waals surface area contributed by atoms with Gasteiger partial charge in [-0.1, -0.05) is 17.7 Å². The lowest BCUT2D eigenvalue weighted by Gasteiger charge is -2.28. The van der Waals surface area contributed by atoms with Gasteiger partial charge in [0.1, 0.15) is 17.9 Å². The van der Waals surface area contributed by atoms with E-state index in [9.17, 15) is 8.42 Å². The van der Waals surface area contributed by atoms with Crippen molar-refractivity contribution in [2.24, 2.45) is 5.92 Å². The zero-order valence-electron chi connectivity index (χ0n) is 22.9. The molecule has 0 saturated carbocycles. The second kappa shape index (κ2) is 12.5. The zero-order valence-corrected chi connectivity index (χ0v) is 23.7. The van der Waals surface area contributed by atoms with Crippen molar-refractivity contribution in [2.45, 2.75) is 31.1 Å². The highest BCUT2D eigenvalue weighted by atomic mass is 32.2. The number of anilines is 3. The predicted octanol–water partition coefficient (Wildman–Crippen LogP) is 6.11. The van der Waals surface area contributed by atoms with Gasteiger partial charge in [-0.05, 0) is 113 Å². The Balaban J connectivity index is 1.16. The van der Waals surface area contributed by atoms with Gasteiger partial charge in [0.2, 0.25) is 0 Å². The maximum atomic E-state index is 12.7. The molecule has 2 N–H and O–H groups in total. The quantitative estimate of drug-likeness (QED) is 0.243. The highest BCUT2D eigenvalue weighted by Gasteiger charge is 2.16. The summed E-state index contributed by atoms with van der Waals surface area (Å²) in [6.07, 6.45) is 5.11. The van der Waals surface area contributed by atoms with Crippen LogP contribution >= 0.6 is 0 Å². The number of ether oxygens (including phenoxy) is 1. The van der Waals surface area contributed by atoms with Gasteiger partial charge in [-0.3, -0.25) is 4.72 Å². The molecule has 0 radical (unpaired) electrons. The molecule has 4 aromatic rings. The van der Waals surface area contributed by atoms with Gasteiger partial charge in [-0.15, -0.1) is 0 Å². The Labute approximate surface area is 236 Å². The van der Waals surface area contributed by atoms with E-state index in [1.54, 1.807) is 48.5 Å². The van der Waals surface area contributed by atoms with Crippen LogP contribution in [0.1, 0.15) is 24.8 Å². The van der Waals surface area contributed by atoms with Crippen LogP contribution in [0.3, 0.4) is 0 Å². The van der Waals surface area contributed by atoms with Crippen LogP contribution in [0.4, 0.5) is 17.2 Å². The van der Waals surface area contributed by atoms with Crippen LogP contribution in [0.15, 0.2) is 90.1 Å². The number of nitrogens with zero attached hydrogens (tertiary/aromatic N) is 3. The molecule has 1 aliphatic heterocycles. The first-order valence-corrected chi connectivity index (χ1v) is 15.0. The number of rotatable bonds is 10. The lowest BCUT2D eigenvalue weighted by atomic mass is 9.94. The van der Waals surface area contributed by atoms with Gasteiger partial charge >= 0.3 is 0 Å². The Bertz CT molecular complexity index is 1500. The Morgan fingerprint density at radius 3 is 2.27 bits per heavy atom. The van der Waals surface area contributed by atoms with Crippen molar-refractivity contribution < 1.29 is 13.2 Å². The Morgan fingerprint density at radius 2 is 1.57 bits per heavy atom. The Kier molecular flexibility index (Phi) is 8.62. The molecule has 9 heteroatoms. The number of piperidine rings is 1. The van der Waals surface area contributed by atoms with Crippen molar-refractivity contribution in [1.82, 2.24) is 14.9 Å². The van der Waals surface area contributed by atoms with E-state index >= 15 is 0 Å². The number of hydrogen-bond donors (Lipinski definition) is 2. The molecule has 3 aromatic carbocycles. The molecule has 1 fully saturated rings. The zero-order chi connectivity index (χ0) is 28.0. The van der Waals surface area contributed by atoms with Crippen LogP contribution in [0.5, 0.6) is 5.75 Å². The molecule has 1 saturated heterocycles. The standard InChI is InChI=1S/C31H35N5O3S/c1-23-3-13-29(14-4-23)40(37,38)35-27-9-7-26(8-10-27)34-31-21-30(32-22-33-31)25-5-11-28(12-6-25)39-20-17-24-15-18-36(2)19-16-24/h3-14,21-22,24,35H,15-20H2,1-2H3,(H,32,33,34). The van der Waals surface area contributed by atoms with Gasteiger partial charge in [0.25, 0.3) is 10.0 Å². The maximum absolute atomic E-state index is 12.7. The highest BCUT2D eigenvalue weighted by Crippen LogP contribution is 2.26. The summed E-state index contributed by atoms with van der Waals surface area (Å²) in [5, 5.41) is 3.26. The van der Waals surface area contributed by atoms with Gasteiger partial charge < -0.3 is 15.0 Å². The second-order valence-corrected chi connectivity index (χ2v) is 12.0. The van der Waals surface area contributed by atoms with Crippen LogP contribution in [-0.4, -0.2) is 50.0 Å². The first-order valence-electron chi connectivity index (χ1n) is 13.5. The third-order valence-corrected chi connectivity index (χ3v) is 8.59. The molecule has 0 bridgehead atoms. The largest absolute Gasteiger partial charge is 0.494 e. The van der Waals surface area contributed by atoms with Crippen LogP contribution in [0.2, 0.25) is 0 Å². The van der Waals surface area contributed by atoms with Crippen LogP contribution in [0, 0.1) is 12.8 Å². The summed E-state index contributed by atoms with van der Waals surface area (Å²) in [6.45, 7) is 5.01. The van der Waals surface area contributed by atoms with Gasteiger partial charge in [0.15, 0.2) is 0 Å². The van der Waals surface area contributed by atoms with E-state index in [2.05, 4.69) is 32.0 Å². The number of sulfonamides is 1. The topological polar surface area (TPSA) is 96.5 Å². The minimum atomic E-state index is -3.66. The summed E-state index contributed by atoms with van der Waals surface area (Å²) < 4.78 is 33.9. The number of aromatic nitrogens is 2. The van der Waals surface area contributed by atoms with E-state index in [0.29, 0.717) is 11.5 Å². The van der Waals surface area contributed by atoms with E-state index in [4.69, 9.17) is 4.74 Å². The molecule has 0 spiro atoms. The van der Waals surface area contributed by atoms with Crippen LogP contribution in [0.25, 0.3) is 11.3 Å². The third-order valence-electron chi connectivity index (χ3n) is 7.19. The second-order valence-electron chi connectivity index (χ2n) is 10.3. The minimum absolute atomic E-state index is 0.223. The molecule has 1 aromatic heterocycles. The summed E-state index contributed by atoms with van der Waals surface area (Å²) in [5.74, 6) is 2.25. The van der Waals surface area contributed by atoms with E-state index in [1.807, 2.05) is 37.3 Å². The summed E-state index contributed by atoms with van der Waals surface area (Å²) in [4.78, 5) is 11.4. The number of likely N-dealkylation sites (tertiary alicyclic amines) is 1. The number of nitrogens with one attached hydrogen (secondary N) is 2. The molecule has 0 amide bonds. The van der Waals surface area contributed by atoms with E-state index in [1.165, 1.54) is 32.3 Å². The fourth-order valence-electron chi connectivity index (χ4n) is 4.70. The molecule has 1 aliphatic rings. The van der Waals surface area contributed by atoms with Crippen molar-refractivity contribution in [1.29, 1.82) is 0 Å². The smallest absolute Gasteiger partial charge is 0.261 e. The number of benzene rings is 3. The molecular formula is C31H35N5O3S. The highest BCUT2D eigenvalue weighted by molar-refractivity contribution is 7.92. The fraction of sp³-hybridized carbons (Fsp3) is 0.290. The Morgan fingerprint density at radius 1 is 0.900 bits per heavy atom. The summed E-state index contributed by atoms with van der Waals surface area (Å²) in [6, 6.07) is 23.6. The first-order chi connectivity index (χ1) is 19.3.